The predicted octanol–water partition coefficient (Wildman–Crippen LogP) is 2.61. The molecule has 0 atom stereocenters. The number of ether oxygens (including phenoxy) is 1. The Bertz CT molecular complexity index is 437. The van der Waals surface area contributed by atoms with Crippen LogP contribution in [0.15, 0.2) is 24.3 Å². The van der Waals surface area contributed by atoms with E-state index in [2.05, 4.69) is 24.4 Å². The fraction of sp³-hybridized carbons (Fsp3) is 0.588. The fourth-order valence-electron chi connectivity index (χ4n) is 2.77. The number of amides is 1. The van der Waals surface area contributed by atoms with Gasteiger partial charge in [-0.25, -0.2) is 0 Å². The molecule has 0 bridgehead atoms. The first-order chi connectivity index (χ1) is 10.2. The standard InChI is InChI=1S/C17H26N2O2/c1-2-11-21-16-9-3-13(4-10-16)12-19-15-7-5-14(6-8-15)17(18)20/h3-4,9-10,14-15,19H,2,5-8,11-12H2,1H3,(H2,18,20). The third-order valence-corrected chi connectivity index (χ3v) is 4.12. The Kier molecular flexibility index (Phi) is 6.05. The second-order valence-electron chi connectivity index (χ2n) is 5.82. The van der Waals surface area contributed by atoms with Crippen LogP contribution in [-0.2, 0) is 11.3 Å². The van der Waals surface area contributed by atoms with Gasteiger partial charge in [0.1, 0.15) is 5.75 Å². The first-order valence-electron chi connectivity index (χ1n) is 7.93. The highest BCUT2D eigenvalue weighted by atomic mass is 16.5. The van der Waals surface area contributed by atoms with Crippen LogP contribution in [0, 0.1) is 5.92 Å². The number of hydrogen-bond donors (Lipinski definition) is 2. The van der Waals surface area contributed by atoms with Crippen LogP contribution in [0.5, 0.6) is 5.75 Å². The van der Waals surface area contributed by atoms with Gasteiger partial charge >= 0.3 is 0 Å². The molecule has 0 aromatic heterocycles. The summed E-state index contributed by atoms with van der Waals surface area (Å²) in [6, 6.07) is 8.75. The molecular weight excluding hydrogens is 264 g/mol. The summed E-state index contributed by atoms with van der Waals surface area (Å²) in [4.78, 5) is 11.1. The molecule has 1 fully saturated rings. The van der Waals surface area contributed by atoms with E-state index >= 15 is 0 Å². The highest BCUT2D eigenvalue weighted by molar-refractivity contribution is 5.76. The van der Waals surface area contributed by atoms with Crippen LogP contribution in [0.4, 0.5) is 0 Å². The summed E-state index contributed by atoms with van der Waals surface area (Å²) in [5.74, 6) is 0.872. The van der Waals surface area contributed by atoms with Crippen LogP contribution in [0.1, 0.15) is 44.6 Å². The van der Waals surface area contributed by atoms with Crippen molar-refractivity contribution in [3.05, 3.63) is 29.8 Å². The van der Waals surface area contributed by atoms with Crippen molar-refractivity contribution in [3.63, 3.8) is 0 Å². The summed E-state index contributed by atoms with van der Waals surface area (Å²) < 4.78 is 5.57. The minimum Gasteiger partial charge on any atom is -0.494 e. The molecule has 1 saturated carbocycles. The summed E-state index contributed by atoms with van der Waals surface area (Å²) in [7, 11) is 0. The minimum absolute atomic E-state index is 0.0815. The second kappa shape index (κ2) is 8.03. The zero-order valence-electron chi connectivity index (χ0n) is 12.8. The zero-order valence-corrected chi connectivity index (χ0v) is 12.8. The van der Waals surface area contributed by atoms with E-state index in [0.717, 1.165) is 51.0 Å². The van der Waals surface area contributed by atoms with Crippen LogP contribution < -0.4 is 15.8 Å². The van der Waals surface area contributed by atoms with Crippen molar-refractivity contribution in [2.24, 2.45) is 11.7 Å². The maximum Gasteiger partial charge on any atom is 0.220 e. The van der Waals surface area contributed by atoms with Crippen LogP contribution in [0.25, 0.3) is 0 Å². The molecule has 116 valence electrons. The number of benzene rings is 1. The number of carbonyl (C=O) groups is 1. The van der Waals surface area contributed by atoms with E-state index in [0.29, 0.717) is 6.04 Å². The van der Waals surface area contributed by atoms with Gasteiger partial charge in [0.25, 0.3) is 0 Å². The molecule has 0 spiro atoms. The van der Waals surface area contributed by atoms with Crippen molar-refractivity contribution in [1.82, 2.24) is 5.32 Å². The highest BCUT2D eigenvalue weighted by Gasteiger charge is 2.24. The molecule has 0 unspecified atom stereocenters. The van der Waals surface area contributed by atoms with Crippen molar-refractivity contribution in [1.29, 1.82) is 0 Å². The summed E-state index contributed by atoms with van der Waals surface area (Å²) >= 11 is 0. The van der Waals surface area contributed by atoms with Crippen molar-refractivity contribution in [2.75, 3.05) is 6.61 Å². The van der Waals surface area contributed by atoms with E-state index in [1.807, 2.05) is 12.1 Å². The molecule has 2 rings (SSSR count). The Morgan fingerprint density at radius 3 is 2.48 bits per heavy atom. The monoisotopic (exact) mass is 290 g/mol. The average Bonchev–Trinajstić information content (AvgIpc) is 2.52. The molecule has 3 N–H and O–H groups in total. The molecule has 0 radical (unpaired) electrons. The van der Waals surface area contributed by atoms with Crippen LogP contribution in [0.2, 0.25) is 0 Å². The highest BCUT2D eigenvalue weighted by Crippen LogP contribution is 2.24. The van der Waals surface area contributed by atoms with Gasteiger partial charge in [0, 0.05) is 18.5 Å². The molecule has 0 aliphatic heterocycles. The SMILES string of the molecule is CCCOc1ccc(CNC2CCC(C(N)=O)CC2)cc1. The van der Waals surface area contributed by atoms with Crippen LogP contribution >= 0.6 is 0 Å². The van der Waals surface area contributed by atoms with Gasteiger partial charge in [-0.3, -0.25) is 4.79 Å². The van der Waals surface area contributed by atoms with Gasteiger partial charge in [-0.05, 0) is 49.8 Å². The van der Waals surface area contributed by atoms with E-state index in [9.17, 15) is 4.79 Å². The Balaban J connectivity index is 1.72. The van der Waals surface area contributed by atoms with Gasteiger partial charge < -0.3 is 15.8 Å². The summed E-state index contributed by atoms with van der Waals surface area (Å²) in [5, 5.41) is 3.57. The number of primary amides is 1. The lowest BCUT2D eigenvalue weighted by Crippen LogP contribution is -2.36. The third-order valence-electron chi connectivity index (χ3n) is 4.12. The summed E-state index contributed by atoms with van der Waals surface area (Å²) in [6.45, 7) is 3.73. The lowest BCUT2D eigenvalue weighted by Gasteiger charge is -2.27. The van der Waals surface area contributed by atoms with Gasteiger partial charge in [-0.2, -0.15) is 0 Å². The number of nitrogens with one attached hydrogen (secondary N) is 1. The Labute approximate surface area is 127 Å². The molecular formula is C17H26N2O2. The van der Waals surface area contributed by atoms with Gasteiger partial charge in [0.15, 0.2) is 0 Å². The van der Waals surface area contributed by atoms with E-state index in [1.165, 1.54) is 5.56 Å². The molecule has 1 aliphatic rings. The molecule has 0 heterocycles. The number of hydrogen-bond acceptors (Lipinski definition) is 3. The number of rotatable bonds is 7. The van der Waals surface area contributed by atoms with Crippen LogP contribution in [-0.4, -0.2) is 18.6 Å². The third kappa shape index (κ3) is 5.05. The smallest absolute Gasteiger partial charge is 0.220 e. The van der Waals surface area contributed by atoms with Crippen molar-refractivity contribution >= 4 is 5.91 Å². The largest absolute Gasteiger partial charge is 0.494 e. The quantitative estimate of drug-likeness (QED) is 0.811. The minimum atomic E-state index is -0.142. The first kappa shape index (κ1) is 15.8. The molecule has 21 heavy (non-hydrogen) atoms. The van der Waals surface area contributed by atoms with E-state index < -0.39 is 0 Å². The molecule has 0 saturated heterocycles. The molecule has 1 amide bonds. The van der Waals surface area contributed by atoms with Gasteiger partial charge in [0.2, 0.25) is 5.91 Å². The molecule has 1 aromatic carbocycles. The fourth-order valence-corrected chi connectivity index (χ4v) is 2.77. The van der Waals surface area contributed by atoms with Gasteiger partial charge in [-0.15, -0.1) is 0 Å². The Morgan fingerprint density at radius 2 is 1.90 bits per heavy atom. The first-order valence-corrected chi connectivity index (χ1v) is 7.93. The van der Waals surface area contributed by atoms with E-state index in [-0.39, 0.29) is 11.8 Å². The molecule has 4 nitrogen and oxygen atoms in total. The molecule has 1 aromatic rings. The van der Waals surface area contributed by atoms with E-state index in [4.69, 9.17) is 10.5 Å². The van der Waals surface area contributed by atoms with Crippen LogP contribution in [0.3, 0.4) is 0 Å². The van der Waals surface area contributed by atoms with E-state index in [1.54, 1.807) is 0 Å². The second-order valence-corrected chi connectivity index (χ2v) is 5.82. The zero-order chi connectivity index (χ0) is 15.1. The lowest BCUT2D eigenvalue weighted by molar-refractivity contribution is -0.122. The number of carbonyl (C=O) groups excluding carboxylic acids is 1. The van der Waals surface area contributed by atoms with Crippen molar-refractivity contribution in [2.45, 2.75) is 51.6 Å². The average molecular weight is 290 g/mol. The molecule has 1 aliphatic carbocycles. The maximum atomic E-state index is 11.1. The van der Waals surface area contributed by atoms with Crippen molar-refractivity contribution in [3.8, 4) is 5.75 Å². The Hall–Kier alpha value is -1.55. The summed E-state index contributed by atoms with van der Waals surface area (Å²) in [5.41, 5.74) is 6.62. The maximum absolute atomic E-state index is 11.1. The van der Waals surface area contributed by atoms with Gasteiger partial charge in [0.05, 0.1) is 6.61 Å². The van der Waals surface area contributed by atoms with Gasteiger partial charge in [-0.1, -0.05) is 19.1 Å². The normalized spacial score (nSPS) is 22.0. The lowest BCUT2D eigenvalue weighted by atomic mass is 9.85. The number of nitrogens with two attached hydrogens (primary N) is 1. The van der Waals surface area contributed by atoms with Crippen molar-refractivity contribution < 1.29 is 9.53 Å². The Morgan fingerprint density at radius 1 is 1.24 bits per heavy atom. The topological polar surface area (TPSA) is 64.3 Å². The molecule has 4 heteroatoms. The predicted molar refractivity (Wildman–Crippen MR) is 84.0 cm³/mol. The summed E-state index contributed by atoms with van der Waals surface area (Å²) in [6.07, 6.45) is 4.92.